The maximum atomic E-state index is 13.3. The van der Waals surface area contributed by atoms with Crippen molar-refractivity contribution in [2.24, 2.45) is 5.73 Å². The lowest BCUT2D eigenvalue weighted by Crippen LogP contribution is -2.01. The third kappa shape index (κ3) is 15.0. The van der Waals surface area contributed by atoms with Crippen LogP contribution >= 0.6 is 12.6 Å². The molecule has 0 fully saturated rings. The highest BCUT2D eigenvalue weighted by Crippen LogP contribution is 2.26. The Bertz CT molecular complexity index is 1140. The summed E-state index contributed by atoms with van der Waals surface area (Å²) in [5, 5.41) is 2.25. The van der Waals surface area contributed by atoms with Crippen LogP contribution in [-0.4, -0.2) is 31.1 Å². The van der Waals surface area contributed by atoms with E-state index in [-0.39, 0.29) is 18.0 Å². The molecule has 0 saturated heterocycles. The molecule has 0 aliphatic rings. The summed E-state index contributed by atoms with van der Waals surface area (Å²) in [6.07, 6.45) is 10.1. The van der Waals surface area contributed by atoms with Crippen molar-refractivity contribution in [3.05, 3.63) is 88.6 Å². The van der Waals surface area contributed by atoms with Crippen molar-refractivity contribution >= 4 is 37.2 Å². The van der Waals surface area contributed by atoms with Crippen molar-refractivity contribution in [1.82, 2.24) is 10.3 Å². The van der Waals surface area contributed by atoms with E-state index in [1.165, 1.54) is 29.8 Å². The van der Waals surface area contributed by atoms with Gasteiger partial charge in [0.2, 0.25) is 12.8 Å². The highest BCUT2D eigenvalue weighted by Gasteiger charge is 2.11. The first-order valence-electron chi connectivity index (χ1n) is 13.0. The number of rotatable bonds is 8. The number of primary amides is 1. The maximum absolute atomic E-state index is 13.3. The fourth-order valence-corrected chi connectivity index (χ4v) is 3.41. The molecule has 0 unspecified atom stereocenters. The van der Waals surface area contributed by atoms with Crippen molar-refractivity contribution in [2.75, 3.05) is 19.0 Å². The molecule has 0 saturated carbocycles. The monoisotopic (exact) mass is 574 g/mol. The minimum atomic E-state index is -0.333. The molecule has 6 nitrogen and oxygen atoms in total. The molecule has 40 heavy (non-hydrogen) atoms. The van der Waals surface area contributed by atoms with Gasteiger partial charge in [0, 0.05) is 24.0 Å². The summed E-state index contributed by atoms with van der Waals surface area (Å²) in [6.45, 7) is 8.24. The van der Waals surface area contributed by atoms with Gasteiger partial charge in [-0.3, -0.25) is 14.6 Å². The largest absolute Gasteiger partial charge is 0.398 e. The smallest absolute Gasteiger partial charge is 0.206 e. The Morgan fingerprint density at radius 3 is 2.02 bits per heavy atom. The lowest BCUT2D eigenvalue weighted by atomic mass is 9.97. The van der Waals surface area contributed by atoms with Gasteiger partial charge in [-0.05, 0) is 91.6 Å². The quantitative estimate of drug-likeness (QED) is 0.139. The van der Waals surface area contributed by atoms with Crippen LogP contribution < -0.4 is 16.8 Å². The van der Waals surface area contributed by atoms with Gasteiger partial charge in [0.05, 0.1) is 5.69 Å². The fourth-order valence-electron chi connectivity index (χ4n) is 3.41. The van der Waals surface area contributed by atoms with Crippen LogP contribution in [0.25, 0.3) is 17.3 Å². The average Bonchev–Trinajstić information content (AvgIpc) is 2.97. The summed E-state index contributed by atoms with van der Waals surface area (Å²) in [5.41, 5.74) is 16.5. The Morgan fingerprint density at radius 2 is 1.52 bits per heavy atom. The normalized spacial score (nSPS) is 9.32. The third-order valence-corrected chi connectivity index (χ3v) is 5.10. The molecule has 3 rings (SSSR count). The van der Waals surface area contributed by atoms with Gasteiger partial charge < -0.3 is 16.8 Å². The van der Waals surface area contributed by atoms with E-state index < -0.39 is 0 Å². The topological polar surface area (TPSA) is 111 Å². The molecule has 0 aliphatic heterocycles. The van der Waals surface area contributed by atoms with Crippen LogP contribution in [-0.2, 0) is 22.4 Å². The summed E-state index contributed by atoms with van der Waals surface area (Å²) in [6, 6.07) is 13.1. The first kappa shape index (κ1) is 38.4. The number of aryl methyl sites for hydroxylation is 2. The summed E-state index contributed by atoms with van der Waals surface area (Å²) >= 11 is 3.53. The number of nitrogens with zero attached hydrogens (tertiary/aromatic N) is 1. The first-order chi connectivity index (χ1) is 19.3. The minimum Gasteiger partial charge on any atom is -0.398 e. The lowest BCUT2D eigenvalue weighted by Gasteiger charge is -2.13. The van der Waals surface area contributed by atoms with Gasteiger partial charge >= 0.3 is 0 Å². The second kappa shape index (κ2) is 24.3. The SMILES string of the molecule is CC.CCCc1cc(CC/C=C/c2ccc(F)cc2N)nc(-c2ccc(F)cc2)c1C.CNC=O.CS.NC=O. The second-order valence-electron chi connectivity index (χ2n) is 7.76. The predicted octanol–water partition coefficient (Wildman–Crippen LogP) is 6.55. The Balaban J connectivity index is 0. The molecule has 2 amide bonds. The number of anilines is 1. The minimum absolute atomic E-state index is 0.249. The zero-order chi connectivity index (χ0) is 30.9. The molecule has 0 aliphatic carbocycles. The van der Waals surface area contributed by atoms with Crippen LogP contribution in [0.3, 0.4) is 0 Å². The van der Waals surface area contributed by atoms with E-state index in [1.54, 1.807) is 31.5 Å². The van der Waals surface area contributed by atoms with Crippen LogP contribution in [0.1, 0.15) is 56.0 Å². The van der Waals surface area contributed by atoms with Crippen LogP contribution in [0.4, 0.5) is 14.5 Å². The number of pyridine rings is 1. The zero-order valence-corrected chi connectivity index (χ0v) is 25.3. The van der Waals surface area contributed by atoms with E-state index >= 15 is 0 Å². The van der Waals surface area contributed by atoms with Crippen LogP contribution in [0.2, 0.25) is 0 Å². The van der Waals surface area contributed by atoms with Crippen molar-refractivity contribution in [3.63, 3.8) is 0 Å². The Labute approximate surface area is 243 Å². The van der Waals surface area contributed by atoms with E-state index in [4.69, 9.17) is 20.3 Å². The highest BCUT2D eigenvalue weighted by atomic mass is 32.1. The second-order valence-corrected chi connectivity index (χ2v) is 7.76. The van der Waals surface area contributed by atoms with E-state index in [9.17, 15) is 8.78 Å². The summed E-state index contributed by atoms with van der Waals surface area (Å²) in [7, 11) is 1.56. The molecule has 9 heteroatoms. The van der Waals surface area contributed by atoms with Gasteiger partial charge in [0.1, 0.15) is 11.6 Å². The number of halogens is 2. The molecule has 0 spiro atoms. The van der Waals surface area contributed by atoms with Crippen LogP contribution in [0.5, 0.6) is 0 Å². The molecular formula is C31H44F2N4O2S. The maximum Gasteiger partial charge on any atom is 0.206 e. The molecule has 3 aromatic rings. The first-order valence-corrected chi connectivity index (χ1v) is 13.9. The fraction of sp³-hybridized carbons (Fsp3) is 0.323. The lowest BCUT2D eigenvalue weighted by molar-refractivity contribution is -0.109. The number of carbonyl (C=O) groups is 2. The van der Waals surface area contributed by atoms with Gasteiger partial charge in [-0.2, -0.15) is 12.6 Å². The number of nitrogen functional groups attached to an aromatic ring is 1. The molecule has 0 atom stereocenters. The van der Waals surface area contributed by atoms with Crippen LogP contribution in [0.15, 0.2) is 54.6 Å². The number of amides is 2. The van der Waals surface area contributed by atoms with E-state index in [0.29, 0.717) is 12.1 Å². The van der Waals surface area contributed by atoms with E-state index in [0.717, 1.165) is 53.8 Å². The number of nitrogens with one attached hydrogen (secondary N) is 1. The number of aromatic nitrogens is 1. The van der Waals surface area contributed by atoms with Crippen molar-refractivity contribution in [1.29, 1.82) is 0 Å². The van der Waals surface area contributed by atoms with Gasteiger partial charge in [-0.1, -0.05) is 45.4 Å². The molecule has 0 bridgehead atoms. The molecular weight excluding hydrogens is 530 g/mol. The van der Waals surface area contributed by atoms with Crippen LogP contribution in [0, 0.1) is 18.6 Å². The number of hydrogen-bond acceptors (Lipinski definition) is 5. The van der Waals surface area contributed by atoms with E-state index in [2.05, 4.69) is 43.6 Å². The molecule has 1 aromatic heterocycles. The van der Waals surface area contributed by atoms with Crippen molar-refractivity contribution in [2.45, 2.75) is 53.4 Å². The standard InChI is InChI=1S/C25H26F2N2.C2H5NO.C2H6.CH3NO.CH4S/c1-3-6-20-15-23(8-5-4-7-18-9-14-22(27)16-24(18)28)29-25(17(20)2)19-10-12-21(26)13-11-19;1-3-2-4;1-2;2-1-3;1-2/h4,7,9-16H,3,5-6,8,28H2,1-2H3;2H,1H3,(H,3,4);1-2H3;1H,(H2,2,3);2H,1H3/b7-4+;;;;. The molecule has 0 radical (unpaired) electrons. The zero-order valence-electron chi connectivity index (χ0n) is 24.4. The van der Waals surface area contributed by atoms with Gasteiger partial charge in [-0.25, -0.2) is 8.78 Å². The number of thiol groups is 1. The number of benzene rings is 2. The number of allylic oxidation sites excluding steroid dienone is 1. The number of carbonyl (C=O) groups excluding carboxylic acids is 2. The van der Waals surface area contributed by atoms with Gasteiger partial charge in [0.15, 0.2) is 0 Å². The third-order valence-electron chi connectivity index (χ3n) is 5.10. The molecule has 2 aromatic carbocycles. The molecule has 1 heterocycles. The van der Waals surface area contributed by atoms with Gasteiger partial charge in [-0.15, -0.1) is 0 Å². The van der Waals surface area contributed by atoms with Crippen molar-refractivity contribution < 1.29 is 18.4 Å². The summed E-state index contributed by atoms with van der Waals surface area (Å²) in [5.74, 6) is -0.582. The Morgan fingerprint density at radius 1 is 0.975 bits per heavy atom. The van der Waals surface area contributed by atoms with Gasteiger partial charge in [0.25, 0.3) is 0 Å². The molecule has 220 valence electrons. The van der Waals surface area contributed by atoms with Crippen molar-refractivity contribution in [3.8, 4) is 11.3 Å². The Kier molecular flexibility index (Phi) is 23.4. The Hall–Kier alpha value is -3.72. The van der Waals surface area contributed by atoms with E-state index in [1.807, 2.05) is 26.0 Å². The summed E-state index contributed by atoms with van der Waals surface area (Å²) in [4.78, 5) is 22.5. The number of hydrogen-bond donors (Lipinski definition) is 4. The summed E-state index contributed by atoms with van der Waals surface area (Å²) < 4.78 is 26.5. The predicted molar refractivity (Wildman–Crippen MR) is 168 cm³/mol. The number of nitrogens with two attached hydrogens (primary N) is 2. The average molecular weight is 575 g/mol. The molecule has 5 N–H and O–H groups in total. The highest BCUT2D eigenvalue weighted by molar-refractivity contribution is 7.79.